The van der Waals surface area contributed by atoms with Gasteiger partial charge in [0.25, 0.3) is 0 Å². The highest BCUT2D eigenvalue weighted by Crippen LogP contribution is 2.36. The molecule has 0 aromatic heterocycles. The first-order valence-corrected chi connectivity index (χ1v) is 4.23. The monoisotopic (exact) mass is 224 g/mol. The Morgan fingerprint density at radius 3 is 2.38 bits per heavy atom. The molecule has 84 valence electrons. The van der Waals surface area contributed by atoms with E-state index in [-0.39, 0.29) is 17.7 Å². The molecule has 0 atom stereocenters. The Hall–Kier alpha value is -2.44. The van der Waals surface area contributed by atoms with E-state index in [9.17, 15) is 25.3 Å². The number of nitro groups is 2. The number of phenols is 1. The van der Waals surface area contributed by atoms with Gasteiger partial charge in [-0.3, -0.25) is 20.2 Å². The molecule has 1 aromatic rings. The predicted octanol–water partition coefficient (Wildman–Crippen LogP) is 1.94. The van der Waals surface area contributed by atoms with Crippen LogP contribution in [0.2, 0.25) is 0 Å². The molecule has 7 nitrogen and oxygen atoms in total. The quantitative estimate of drug-likeness (QED) is 0.477. The van der Waals surface area contributed by atoms with Crippen molar-refractivity contribution in [2.24, 2.45) is 0 Å². The van der Waals surface area contributed by atoms with Gasteiger partial charge in [0.05, 0.1) is 15.4 Å². The van der Waals surface area contributed by atoms with Crippen LogP contribution in [-0.2, 0) is 6.42 Å². The molecular formula is C9H8N2O5. The van der Waals surface area contributed by atoms with E-state index >= 15 is 0 Å². The fourth-order valence-corrected chi connectivity index (χ4v) is 1.31. The van der Waals surface area contributed by atoms with E-state index in [0.717, 1.165) is 12.1 Å². The van der Waals surface area contributed by atoms with Crippen LogP contribution in [0.4, 0.5) is 11.4 Å². The normalized spacial score (nSPS) is 9.75. The van der Waals surface area contributed by atoms with E-state index in [0.29, 0.717) is 0 Å². The zero-order valence-electron chi connectivity index (χ0n) is 8.12. The van der Waals surface area contributed by atoms with Gasteiger partial charge in [-0.05, 0) is 6.07 Å². The second-order valence-electron chi connectivity index (χ2n) is 2.94. The summed E-state index contributed by atoms with van der Waals surface area (Å²) in [5.74, 6) is -0.350. The number of phenolic OH excluding ortho intramolecular Hbond substituents is 1. The fraction of sp³-hybridized carbons (Fsp3) is 0.111. The third-order valence-corrected chi connectivity index (χ3v) is 1.96. The second kappa shape index (κ2) is 4.39. The van der Waals surface area contributed by atoms with Gasteiger partial charge in [0.15, 0.2) is 0 Å². The van der Waals surface area contributed by atoms with E-state index in [1.807, 2.05) is 0 Å². The second-order valence-corrected chi connectivity index (χ2v) is 2.94. The Morgan fingerprint density at radius 1 is 1.31 bits per heavy atom. The molecule has 0 aliphatic carbocycles. The van der Waals surface area contributed by atoms with E-state index in [4.69, 9.17) is 0 Å². The number of hydrogen-bond acceptors (Lipinski definition) is 5. The van der Waals surface area contributed by atoms with Gasteiger partial charge in [0, 0.05) is 12.5 Å². The van der Waals surface area contributed by atoms with Crippen LogP contribution in [0.15, 0.2) is 24.8 Å². The number of hydrogen-bond donors (Lipinski definition) is 1. The zero-order chi connectivity index (χ0) is 12.3. The first-order valence-electron chi connectivity index (χ1n) is 4.23. The SMILES string of the molecule is C=CCc1c(O)ccc([N+](=O)[O-])c1[N+](=O)[O-]. The smallest absolute Gasteiger partial charge is 0.353 e. The van der Waals surface area contributed by atoms with Crippen molar-refractivity contribution in [3.8, 4) is 5.75 Å². The lowest BCUT2D eigenvalue weighted by Gasteiger charge is -2.03. The summed E-state index contributed by atoms with van der Waals surface area (Å²) in [4.78, 5) is 19.6. The van der Waals surface area contributed by atoms with Crippen molar-refractivity contribution in [3.05, 3.63) is 50.6 Å². The standard InChI is InChI=1S/C9H8N2O5/c1-2-3-6-8(12)5-4-7(10(13)14)9(6)11(15)16/h2,4-5,12H,1,3H2. The van der Waals surface area contributed by atoms with Crippen LogP contribution in [0.5, 0.6) is 5.75 Å². The molecule has 0 saturated heterocycles. The number of rotatable bonds is 4. The number of nitrogens with zero attached hydrogens (tertiary/aromatic N) is 2. The molecule has 1 N–H and O–H groups in total. The summed E-state index contributed by atoms with van der Waals surface area (Å²) < 4.78 is 0. The Balaban J connectivity index is 3.55. The van der Waals surface area contributed by atoms with Crippen LogP contribution in [0.1, 0.15) is 5.56 Å². The Morgan fingerprint density at radius 2 is 1.94 bits per heavy atom. The fourth-order valence-electron chi connectivity index (χ4n) is 1.31. The largest absolute Gasteiger partial charge is 0.507 e. The van der Waals surface area contributed by atoms with Crippen LogP contribution in [0.3, 0.4) is 0 Å². The van der Waals surface area contributed by atoms with Gasteiger partial charge in [-0.25, -0.2) is 0 Å². The highest BCUT2D eigenvalue weighted by Gasteiger charge is 2.29. The van der Waals surface area contributed by atoms with Crippen molar-refractivity contribution in [2.45, 2.75) is 6.42 Å². The summed E-state index contributed by atoms with van der Waals surface area (Å²) in [5.41, 5.74) is -1.43. The molecule has 0 heterocycles. The van der Waals surface area contributed by atoms with Crippen molar-refractivity contribution in [1.82, 2.24) is 0 Å². The van der Waals surface area contributed by atoms with Crippen molar-refractivity contribution in [1.29, 1.82) is 0 Å². The molecule has 0 unspecified atom stereocenters. The number of allylic oxidation sites excluding steroid dienone is 1. The van der Waals surface area contributed by atoms with Gasteiger partial charge in [-0.2, -0.15) is 0 Å². The number of benzene rings is 1. The van der Waals surface area contributed by atoms with Crippen LogP contribution in [0.25, 0.3) is 0 Å². The molecule has 7 heteroatoms. The van der Waals surface area contributed by atoms with Crippen molar-refractivity contribution in [2.75, 3.05) is 0 Å². The highest BCUT2D eigenvalue weighted by atomic mass is 16.6. The summed E-state index contributed by atoms with van der Waals surface area (Å²) in [7, 11) is 0. The first kappa shape index (κ1) is 11.6. The third-order valence-electron chi connectivity index (χ3n) is 1.96. The lowest BCUT2D eigenvalue weighted by Crippen LogP contribution is -2.00. The van der Waals surface area contributed by atoms with Crippen molar-refractivity contribution < 1.29 is 15.0 Å². The maximum atomic E-state index is 10.7. The molecular weight excluding hydrogens is 216 g/mol. The average molecular weight is 224 g/mol. The molecule has 0 aliphatic heterocycles. The van der Waals surface area contributed by atoms with Crippen molar-refractivity contribution in [3.63, 3.8) is 0 Å². The summed E-state index contributed by atoms with van der Waals surface area (Å²) in [6.45, 7) is 3.37. The van der Waals surface area contributed by atoms with Crippen LogP contribution in [-0.4, -0.2) is 15.0 Å². The minimum atomic E-state index is -0.878. The van der Waals surface area contributed by atoms with Crippen LogP contribution in [0, 0.1) is 20.2 Å². The molecule has 16 heavy (non-hydrogen) atoms. The summed E-state index contributed by atoms with van der Waals surface area (Å²) in [6, 6.07) is 1.96. The minimum Gasteiger partial charge on any atom is -0.507 e. The maximum Gasteiger partial charge on any atom is 0.353 e. The lowest BCUT2D eigenvalue weighted by molar-refractivity contribution is -0.423. The van der Waals surface area contributed by atoms with E-state index in [1.54, 1.807) is 0 Å². The summed E-state index contributed by atoms with van der Waals surface area (Å²) >= 11 is 0. The Labute approximate surface area is 89.9 Å². The number of aromatic hydroxyl groups is 1. The molecule has 0 spiro atoms. The predicted molar refractivity (Wildman–Crippen MR) is 55.3 cm³/mol. The molecule has 1 rings (SSSR count). The third kappa shape index (κ3) is 1.97. The number of nitro benzene ring substituents is 2. The van der Waals surface area contributed by atoms with Gasteiger partial charge >= 0.3 is 11.4 Å². The van der Waals surface area contributed by atoms with Gasteiger partial charge < -0.3 is 5.11 Å². The van der Waals surface area contributed by atoms with E-state index in [1.165, 1.54) is 6.08 Å². The topological polar surface area (TPSA) is 107 Å². The molecule has 0 amide bonds. The molecule has 0 saturated carbocycles. The lowest BCUT2D eigenvalue weighted by atomic mass is 10.1. The van der Waals surface area contributed by atoms with Gasteiger partial charge in [0.1, 0.15) is 5.75 Å². The Kier molecular flexibility index (Phi) is 3.19. The Bertz CT molecular complexity index is 469. The maximum absolute atomic E-state index is 10.7. The van der Waals surface area contributed by atoms with E-state index < -0.39 is 21.2 Å². The zero-order valence-corrected chi connectivity index (χ0v) is 8.12. The highest BCUT2D eigenvalue weighted by molar-refractivity contribution is 5.63. The molecule has 0 aliphatic rings. The van der Waals surface area contributed by atoms with E-state index in [2.05, 4.69) is 6.58 Å². The van der Waals surface area contributed by atoms with Crippen molar-refractivity contribution >= 4 is 11.4 Å². The molecule has 0 radical (unpaired) electrons. The van der Waals surface area contributed by atoms with Crippen LogP contribution >= 0.6 is 0 Å². The molecule has 0 bridgehead atoms. The van der Waals surface area contributed by atoms with Gasteiger partial charge in [-0.1, -0.05) is 6.08 Å². The average Bonchev–Trinajstić information content (AvgIpc) is 2.20. The summed E-state index contributed by atoms with van der Waals surface area (Å²) in [5, 5.41) is 30.7. The minimum absolute atomic E-state index is 0.0101. The van der Waals surface area contributed by atoms with Crippen LogP contribution < -0.4 is 0 Å². The first-order chi connectivity index (χ1) is 7.49. The van der Waals surface area contributed by atoms with Gasteiger partial charge in [-0.15, -0.1) is 6.58 Å². The molecule has 0 fully saturated rings. The molecule has 1 aromatic carbocycles. The summed E-state index contributed by atoms with van der Waals surface area (Å²) in [6.07, 6.45) is 1.32. The van der Waals surface area contributed by atoms with Gasteiger partial charge in [0.2, 0.25) is 0 Å².